The first-order chi connectivity index (χ1) is 4.83. The average molecular weight is 143 g/mol. The molecule has 0 aliphatic carbocycles. The summed E-state index contributed by atoms with van der Waals surface area (Å²) in [4.78, 5) is 0. The Balaban J connectivity index is 2.13. The van der Waals surface area contributed by atoms with Crippen LogP contribution >= 0.6 is 0 Å². The van der Waals surface area contributed by atoms with Crippen LogP contribution in [0.2, 0.25) is 0 Å². The highest BCUT2D eigenvalue weighted by Gasteiger charge is 2.16. The minimum Gasteiger partial charge on any atom is -0.392 e. The lowest BCUT2D eigenvalue weighted by Crippen LogP contribution is -2.41. The van der Waals surface area contributed by atoms with Crippen LogP contribution in [0.3, 0.4) is 0 Å². The second-order valence-electron chi connectivity index (χ2n) is 3.13. The first-order valence-corrected chi connectivity index (χ1v) is 4.24. The van der Waals surface area contributed by atoms with Crippen LogP contribution in [-0.2, 0) is 0 Å². The number of hydrogen-bond donors (Lipinski definition) is 2. The van der Waals surface area contributed by atoms with Gasteiger partial charge in [-0.2, -0.15) is 0 Å². The molecule has 0 aromatic carbocycles. The Hall–Kier alpha value is -0.0800. The molecule has 2 N–H and O–H groups in total. The summed E-state index contributed by atoms with van der Waals surface area (Å²) < 4.78 is 0. The monoisotopic (exact) mass is 143 g/mol. The van der Waals surface area contributed by atoms with Crippen molar-refractivity contribution < 1.29 is 5.11 Å². The lowest BCUT2D eigenvalue weighted by molar-refractivity contribution is 0.124. The van der Waals surface area contributed by atoms with Crippen LogP contribution in [0.1, 0.15) is 32.6 Å². The van der Waals surface area contributed by atoms with Gasteiger partial charge in [-0.3, -0.25) is 0 Å². The Kier molecular flexibility index (Phi) is 3.16. The third kappa shape index (κ3) is 2.27. The van der Waals surface area contributed by atoms with Crippen molar-refractivity contribution in [3.63, 3.8) is 0 Å². The Morgan fingerprint density at radius 2 is 2.30 bits per heavy atom. The van der Waals surface area contributed by atoms with Gasteiger partial charge in [-0.1, -0.05) is 13.3 Å². The largest absolute Gasteiger partial charge is 0.392 e. The number of β-amino-alcohol motifs (C(OH)–C–C–N with tert-alkyl or cyclic N) is 1. The quantitative estimate of drug-likeness (QED) is 0.602. The highest BCUT2D eigenvalue weighted by atomic mass is 16.3. The number of hydrogen-bond acceptors (Lipinski definition) is 2. The highest BCUT2D eigenvalue weighted by molar-refractivity contribution is 4.76. The maximum atomic E-state index is 9.13. The molecule has 10 heavy (non-hydrogen) atoms. The molecule has 2 nitrogen and oxygen atoms in total. The molecule has 0 spiro atoms. The Bertz CT molecular complexity index is 87.3. The third-order valence-electron chi connectivity index (χ3n) is 2.13. The van der Waals surface area contributed by atoms with E-state index in [2.05, 4.69) is 12.2 Å². The van der Waals surface area contributed by atoms with Crippen LogP contribution in [0.15, 0.2) is 0 Å². The molecule has 0 amide bonds. The van der Waals surface area contributed by atoms with Crippen molar-refractivity contribution in [3.8, 4) is 0 Å². The van der Waals surface area contributed by atoms with Crippen molar-refractivity contribution in [3.05, 3.63) is 0 Å². The van der Waals surface area contributed by atoms with Crippen molar-refractivity contribution in [1.82, 2.24) is 5.32 Å². The molecule has 1 saturated heterocycles. The molecule has 60 valence electrons. The van der Waals surface area contributed by atoms with Gasteiger partial charge in [-0.05, 0) is 19.3 Å². The summed E-state index contributed by atoms with van der Waals surface area (Å²) >= 11 is 0. The summed E-state index contributed by atoms with van der Waals surface area (Å²) in [6.07, 6.45) is 4.54. The molecule has 1 fully saturated rings. The van der Waals surface area contributed by atoms with Gasteiger partial charge in [0.05, 0.1) is 6.10 Å². The molecule has 1 unspecified atom stereocenters. The van der Waals surface area contributed by atoms with Crippen LogP contribution in [0, 0.1) is 0 Å². The lowest BCUT2D eigenvalue weighted by atomic mass is 9.99. The molecule has 2 atom stereocenters. The normalized spacial score (nSPS) is 34.2. The summed E-state index contributed by atoms with van der Waals surface area (Å²) in [5.74, 6) is 0. The second-order valence-corrected chi connectivity index (χ2v) is 3.13. The zero-order valence-corrected chi connectivity index (χ0v) is 6.64. The van der Waals surface area contributed by atoms with E-state index >= 15 is 0 Å². The fraction of sp³-hybridized carbons (Fsp3) is 1.00. The maximum absolute atomic E-state index is 9.13. The number of piperidine rings is 1. The minimum atomic E-state index is -0.0897. The van der Waals surface area contributed by atoms with Crippen LogP contribution in [-0.4, -0.2) is 23.8 Å². The van der Waals surface area contributed by atoms with Gasteiger partial charge in [0.2, 0.25) is 0 Å². The SMILES string of the molecule is CCCC1CC[C@H](O)CN1. The predicted octanol–water partition coefficient (Wildman–Crippen LogP) is 0.899. The smallest absolute Gasteiger partial charge is 0.0665 e. The molecular weight excluding hydrogens is 126 g/mol. The zero-order chi connectivity index (χ0) is 7.40. The van der Waals surface area contributed by atoms with Crippen molar-refractivity contribution in [2.45, 2.75) is 44.8 Å². The van der Waals surface area contributed by atoms with E-state index in [1.54, 1.807) is 0 Å². The van der Waals surface area contributed by atoms with Crippen molar-refractivity contribution in [1.29, 1.82) is 0 Å². The first-order valence-electron chi connectivity index (χ1n) is 4.24. The van der Waals surface area contributed by atoms with Gasteiger partial charge >= 0.3 is 0 Å². The molecule has 0 aromatic heterocycles. The van der Waals surface area contributed by atoms with E-state index in [9.17, 15) is 0 Å². The molecular formula is C8H17NO. The van der Waals surface area contributed by atoms with E-state index in [0.29, 0.717) is 6.04 Å². The number of aliphatic hydroxyl groups is 1. The molecule has 0 radical (unpaired) electrons. The first kappa shape index (κ1) is 8.02. The van der Waals surface area contributed by atoms with Gasteiger partial charge < -0.3 is 10.4 Å². The van der Waals surface area contributed by atoms with Gasteiger partial charge in [-0.25, -0.2) is 0 Å². The summed E-state index contributed by atoms with van der Waals surface area (Å²) in [7, 11) is 0. The predicted molar refractivity (Wildman–Crippen MR) is 41.9 cm³/mol. The number of nitrogens with one attached hydrogen (secondary N) is 1. The van der Waals surface area contributed by atoms with E-state index in [-0.39, 0.29) is 6.10 Å². The standard InChI is InChI=1S/C8H17NO/c1-2-3-7-4-5-8(10)6-9-7/h7-10H,2-6H2,1H3/t7?,8-/m0/s1. The molecule has 1 heterocycles. The van der Waals surface area contributed by atoms with Crippen LogP contribution in [0.5, 0.6) is 0 Å². The van der Waals surface area contributed by atoms with Crippen LogP contribution in [0.25, 0.3) is 0 Å². The molecule has 2 heteroatoms. The topological polar surface area (TPSA) is 32.3 Å². The van der Waals surface area contributed by atoms with E-state index in [1.807, 2.05) is 0 Å². The van der Waals surface area contributed by atoms with Crippen LogP contribution in [0.4, 0.5) is 0 Å². The van der Waals surface area contributed by atoms with Crippen molar-refractivity contribution in [2.75, 3.05) is 6.54 Å². The second kappa shape index (κ2) is 3.94. The van der Waals surface area contributed by atoms with Crippen molar-refractivity contribution in [2.24, 2.45) is 0 Å². The van der Waals surface area contributed by atoms with Gasteiger partial charge in [0.25, 0.3) is 0 Å². The zero-order valence-electron chi connectivity index (χ0n) is 6.64. The molecule has 0 bridgehead atoms. The lowest BCUT2D eigenvalue weighted by Gasteiger charge is -2.26. The molecule has 0 aromatic rings. The highest BCUT2D eigenvalue weighted by Crippen LogP contribution is 2.11. The summed E-state index contributed by atoms with van der Waals surface area (Å²) in [5.41, 5.74) is 0. The Labute approximate surface area is 62.6 Å². The van der Waals surface area contributed by atoms with Crippen LogP contribution < -0.4 is 5.32 Å². The Morgan fingerprint density at radius 3 is 2.80 bits per heavy atom. The fourth-order valence-corrected chi connectivity index (χ4v) is 1.50. The summed E-state index contributed by atoms with van der Waals surface area (Å²) in [5, 5.41) is 12.5. The van der Waals surface area contributed by atoms with Gasteiger partial charge in [0, 0.05) is 12.6 Å². The fourth-order valence-electron chi connectivity index (χ4n) is 1.50. The van der Waals surface area contributed by atoms with E-state index in [1.165, 1.54) is 12.8 Å². The van der Waals surface area contributed by atoms with E-state index in [4.69, 9.17) is 5.11 Å². The summed E-state index contributed by atoms with van der Waals surface area (Å²) in [6, 6.07) is 0.674. The van der Waals surface area contributed by atoms with Gasteiger partial charge in [0.15, 0.2) is 0 Å². The minimum absolute atomic E-state index is 0.0897. The van der Waals surface area contributed by atoms with Gasteiger partial charge in [0.1, 0.15) is 0 Å². The molecule has 1 rings (SSSR count). The molecule has 1 aliphatic rings. The average Bonchev–Trinajstić information content (AvgIpc) is 1.95. The summed E-state index contributed by atoms with van der Waals surface area (Å²) in [6.45, 7) is 3.00. The van der Waals surface area contributed by atoms with Gasteiger partial charge in [-0.15, -0.1) is 0 Å². The molecule has 1 aliphatic heterocycles. The van der Waals surface area contributed by atoms with E-state index < -0.39 is 0 Å². The maximum Gasteiger partial charge on any atom is 0.0665 e. The van der Waals surface area contributed by atoms with Crippen molar-refractivity contribution >= 4 is 0 Å². The van der Waals surface area contributed by atoms with E-state index in [0.717, 1.165) is 19.4 Å². The number of aliphatic hydroxyl groups excluding tert-OH is 1. The Morgan fingerprint density at radius 1 is 1.50 bits per heavy atom. The molecule has 0 saturated carbocycles. The number of rotatable bonds is 2. The third-order valence-corrected chi connectivity index (χ3v) is 2.13.